The summed E-state index contributed by atoms with van der Waals surface area (Å²) >= 11 is 1.82. The lowest BCUT2D eigenvalue weighted by Crippen LogP contribution is -2.09. The molecule has 1 unspecified atom stereocenters. The Labute approximate surface area is 137 Å². The summed E-state index contributed by atoms with van der Waals surface area (Å²) in [6, 6.07) is 3.89. The summed E-state index contributed by atoms with van der Waals surface area (Å²) in [4.78, 5) is 16.1. The largest absolute Gasteiger partial charge is 0.264 e. The molecule has 0 saturated carbocycles. The number of rotatable bonds is 1. The Morgan fingerprint density at radius 2 is 2.30 bits per heavy atom. The number of aromatic nitrogens is 5. The third-order valence-electron chi connectivity index (χ3n) is 4.55. The van der Waals surface area contributed by atoms with Gasteiger partial charge in [0.1, 0.15) is 11.2 Å². The predicted octanol–water partition coefficient (Wildman–Crippen LogP) is 3.53. The van der Waals surface area contributed by atoms with Crippen molar-refractivity contribution < 1.29 is 0 Å². The first-order chi connectivity index (χ1) is 11.3. The minimum absolute atomic E-state index is 0.705. The van der Waals surface area contributed by atoms with Crippen molar-refractivity contribution in [2.24, 2.45) is 5.92 Å². The SMILES string of the molecule is CC1CCc2sc3ncn4nc(-c5cccnc5)nc4c3c2C1. The fourth-order valence-corrected chi connectivity index (χ4v) is 4.54. The van der Waals surface area contributed by atoms with E-state index >= 15 is 0 Å². The van der Waals surface area contributed by atoms with Crippen LogP contribution in [-0.4, -0.2) is 24.6 Å². The number of hydrogen-bond donors (Lipinski definition) is 0. The van der Waals surface area contributed by atoms with E-state index in [9.17, 15) is 0 Å². The maximum Gasteiger partial charge on any atom is 0.183 e. The first-order valence-corrected chi connectivity index (χ1v) is 8.67. The number of thiophene rings is 1. The topological polar surface area (TPSA) is 56.0 Å². The van der Waals surface area contributed by atoms with Gasteiger partial charge in [0.15, 0.2) is 11.5 Å². The van der Waals surface area contributed by atoms with Crippen LogP contribution >= 0.6 is 11.3 Å². The van der Waals surface area contributed by atoms with Gasteiger partial charge in [0.25, 0.3) is 0 Å². The fraction of sp³-hybridized carbons (Fsp3) is 0.294. The molecule has 1 atom stereocenters. The Kier molecular flexibility index (Phi) is 2.76. The minimum Gasteiger partial charge on any atom is -0.264 e. The van der Waals surface area contributed by atoms with Crippen molar-refractivity contribution in [2.75, 3.05) is 0 Å². The highest BCUT2D eigenvalue weighted by molar-refractivity contribution is 7.19. The molecule has 5 rings (SSSR count). The maximum atomic E-state index is 4.80. The molecule has 114 valence electrons. The second-order valence-electron chi connectivity index (χ2n) is 6.22. The molecule has 1 aliphatic carbocycles. The zero-order chi connectivity index (χ0) is 15.4. The van der Waals surface area contributed by atoms with Crippen LogP contribution in [-0.2, 0) is 12.8 Å². The number of aryl methyl sites for hydroxylation is 1. The second-order valence-corrected chi connectivity index (χ2v) is 7.31. The maximum absolute atomic E-state index is 4.80. The summed E-state index contributed by atoms with van der Waals surface area (Å²) in [7, 11) is 0. The molecule has 0 spiro atoms. The van der Waals surface area contributed by atoms with Crippen molar-refractivity contribution in [3.63, 3.8) is 0 Å². The first kappa shape index (κ1) is 13.1. The lowest BCUT2D eigenvalue weighted by Gasteiger charge is -2.17. The quantitative estimate of drug-likeness (QED) is 0.538. The van der Waals surface area contributed by atoms with Crippen LogP contribution in [0.3, 0.4) is 0 Å². The molecule has 0 N–H and O–H groups in total. The molecule has 0 aromatic carbocycles. The monoisotopic (exact) mass is 321 g/mol. The Hall–Kier alpha value is -2.34. The van der Waals surface area contributed by atoms with Crippen molar-refractivity contribution in [1.82, 2.24) is 24.6 Å². The fourth-order valence-electron chi connectivity index (χ4n) is 3.36. The van der Waals surface area contributed by atoms with Gasteiger partial charge in [-0.15, -0.1) is 16.4 Å². The zero-order valence-corrected chi connectivity index (χ0v) is 13.5. The van der Waals surface area contributed by atoms with Crippen molar-refractivity contribution in [3.8, 4) is 11.4 Å². The van der Waals surface area contributed by atoms with E-state index in [2.05, 4.69) is 22.0 Å². The molecule has 0 fully saturated rings. The molecule has 0 aliphatic heterocycles. The van der Waals surface area contributed by atoms with Gasteiger partial charge in [-0.25, -0.2) is 14.5 Å². The van der Waals surface area contributed by atoms with E-state index in [0.29, 0.717) is 5.82 Å². The summed E-state index contributed by atoms with van der Waals surface area (Å²) in [5, 5.41) is 5.78. The lowest BCUT2D eigenvalue weighted by molar-refractivity contribution is 0.508. The Bertz CT molecular complexity index is 1020. The number of fused-ring (bicyclic) bond motifs is 5. The molecule has 6 heteroatoms. The molecule has 4 aromatic rings. The van der Waals surface area contributed by atoms with Gasteiger partial charge in [0, 0.05) is 22.8 Å². The van der Waals surface area contributed by atoms with E-state index in [1.807, 2.05) is 23.5 Å². The van der Waals surface area contributed by atoms with Gasteiger partial charge in [0.2, 0.25) is 0 Å². The van der Waals surface area contributed by atoms with Crippen LogP contribution in [0, 0.1) is 5.92 Å². The lowest BCUT2D eigenvalue weighted by atomic mass is 9.89. The average Bonchev–Trinajstić information content (AvgIpc) is 3.16. The molecular weight excluding hydrogens is 306 g/mol. The van der Waals surface area contributed by atoms with E-state index in [-0.39, 0.29) is 0 Å². The minimum atomic E-state index is 0.705. The Morgan fingerprint density at radius 3 is 3.17 bits per heavy atom. The van der Waals surface area contributed by atoms with Crippen LogP contribution in [0.4, 0.5) is 0 Å². The smallest absolute Gasteiger partial charge is 0.183 e. The van der Waals surface area contributed by atoms with Gasteiger partial charge in [-0.1, -0.05) is 6.92 Å². The molecule has 5 nitrogen and oxygen atoms in total. The van der Waals surface area contributed by atoms with E-state index in [0.717, 1.165) is 34.8 Å². The summed E-state index contributed by atoms with van der Waals surface area (Å²) in [6.45, 7) is 2.32. The average molecular weight is 321 g/mol. The van der Waals surface area contributed by atoms with Gasteiger partial charge in [-0.2, -0.15) is 0 Å². The molecule has 0 amide bonds. The third kappa shape index (κ3) is 1.98. The van der Waals surface area contributed by atoms with Gasteiger partial charge in [-0.3, -0.25) is 4.98 Å². The van der Waals surface area contributed by atoms with E-state index in [1.54, 1.807) is 23.2 Å². The highest BCUT2D eigenvalue weighted by Gasteiger charge is 2.23. The van der Waals surface area contributed by atoms with Crippen LogP contribution in [0.25, 0.3) is 27.3 Å². The van der Waals surface area contributed by atoms with E-state index in [4.69, 9.17) is 4.98 Å². The molecule has 0 radical (unpaired) electrons. The Morgan fingerprint density at radius 1 is 1.35 bits per heavy atom. The molecule has 1 aliphatic rings. The molecule has 0 bridgehead atoms. The van der Waals surface area contributed by atoms with Gasteiger partial charge in [-0.05, 0) is 42.9 Å². The van der Waals surface area contributed by atoms with Gasteiger partial charge < -0.3 is 0 Å². The van der Waals surface area contributed by atoms with Gasteiger partial charge >= 0.3 is 0 Å². The number of nitrogens with zero attached hydrogens (tertiary/aromatic N) is 5. The van der Waals surface area contributed by atoms with Crippen LogP contribution < -0.4 is 0 Å². The Balaban J connectivity index is 1.79. The van der Waals surface area contributed by atoms with Crippen molar-refractivity contribution in [3.05, 3.63) is 41.3 Å². The molecule has 4 heterocycles. The number of pyridine rings is 1. The number of hydrogen-bond acceptors (Lipinski definition) is 5. The van der Waals surface area contributed by atoms with E-state index in [1.165, 1.54) is 22.2 Å². The van der Waals surface area contributed by atoms with E-state index < -0.39 is 0 Å². The standard InChI is InChI=1S/C17H15N5S/c1-10-4-5-13-12(7-10)14-16-20-15(11-3-2-6-18-8-11)21-22(16)9-19-17(14)23-13/h2-3,6,8-10H,4-5,7H2,1H3. The molecule has 4 aromatic heterocycles. The van der Waals surface area contributed by atoms with Crippen LogP contribution in [0.1, 0.15) is 23.8 Å². The van der Waals surface area contributed by atoms with Crippen molar-refractivity contribution in [1.29, 1.82) is 0 Å². The predicted molar refractivity (Wildman–Crippen MR) is 90.6 cm³/mol. The first-order valence-electron chi connectivity index (χ1n) is 7.85. The van der Waals surface area contributed by atoms with Crippen LogP contribution in [0.5, 0.6) is 0 Å². The molecule has 0 saturated heterocycles. The normalized spacial score (nSPS) is 17.7. The summed E-state index contributed by atoms with van der Waals surface area (Å²) in [5.41, 5.74) is 3.29. The van der Waals surface area contributed by atoms with Crippen molar-refractivity contribution >= 4 is 27.2 Å². The molecular formula is C17H15N5S. The zero-order valence-electron chi connectivity index (χ0n) is 12.7. The van der Waals surface area contributed by atoms with Crippen LogP contribution in [0.15, 0.2) is 30.9 Å². The second kappa shape index (κ2) is 4.83. The van der Waals surface area contributed by atoms with Crippen molar-refractivity contribution in [2.45, 2.75) is 26.2 Å². The molecule has 23 heavy (non-hydrogen) atoms. The summed E-state index contributed by atoms with van der Waals surface area (Å²) in [6.07, 6.45) is 8.87. The summed E-state index contributed by atoms with van der Waals surface area (Å²) in [5.74, 6) is 1.43. The third-order valence-corrected chi connectivity index (χ3v) is 5.75. The highest BCUT2D eigenvalue weighted by Crippen LogP contribution is 2.38. The summed E-state index contributed by atoms with van der Waals surface area (Å²) < 4.78 is 1.80. The van der Waals surface area contributed by atoms with Gasteiger partial charge in [0.05, 0.1) is 5.39 Å². The van der Waals surface area contributed by atoms with Crippen LogP contribution in [0.2, 0.25) is 0 Å². The highest BCUT2D eigenvalue weighted by atomic mass is 32.1.